The number of carbonyl (C=O) groups excluding carboxylic acids is 2. The third-order valence-corrected chi connectivity index (χ3v) is 6.51. The molecule has 10 N–H and O–H groups in total. The minimum absolute atomic E-state index is 0.0908. The van der Waals surface area contributed by atoms with E-state index in [1.165, 1.54) is 10.5 Å². The Balaban J connectivity index is 0.000000926. The quantitative estimate of drug-likeness (QED) is 0.198. The van der Waals surface area contributed by atoms with Gasteiger partial charge in [-0.2, -0.15) is 0 Å². The molecule has 0 radical (unpaired) electrons. The predicted molar refractivity (Wildman–Crippen MR) is 145 cm³/mol. The molecule has 0 atom stereocenters. The second-order valence-electron chi connectivity index (χ2n) is 8.89. The van der Waals surface area contributed by atoms with Crippen LogP contribution in [0.15, 0.2) is 30.3 Å². The number of piperidine rings is 1. The van der Waals surface area contributed by atoms with Gasteiger partial charge in [0, 0.05) is 26.1 Å². The zero-order valence-electron chi connectivity index (χ0n) is 21.2. The van der Waals surface area contributed by atoms with E-state index in [1.54, 1.807) is 6.92 Å². The Morgan fingerprint density at radius 1 is 1.13 bits per heavy atom. The average molecular weight is 548 g/mol. The number of primary amides is 1. The van der Waals surface area contributed by atoms with Crippen molar-refractivity contribution in [2.24, 2.45) is 11.1 Å². The highest BCUT2D eigenvalue weighted by atomic mass is 35.5. The van der Waals surface area contributed by atoms with E-state index in [0.29, 0.717) is 38.9 Å². The van der Waals surface area contributed by atoms with Crippen LogP contribution in [0, 0.1) is 10.8 Å². The Kier molecular flexibility index (Phi) is 11.1. The molecule has 2 aromatic rings. The molecular formula is C24H34ClN9O4. The van der Waals surface area contributed by atoms with E-state index in [2.05, 4.69) is 38.5 Å². The average Bonchev–Trinajstić information content (AvgIpc) is 2.89. The Morgan fingerprint density at radius 2 is 1.74 bits per heavy atom. The number of benzene rings is 1. The number of aryl methyl sites for hydroxylation is 1. The summed E-state index contributed by atoms with van der Waals surface area (Å²) in [7, 11) is 0. The first kappa shape index (κ1) is 30.1. The number of halogens is 1. The summed E-state index contributed by atoms with van der Waals surface area (Å²) in [4.78, 5) is 42.4. The van der Waals surface area contributed by atoms with E-state index in [4.69, 9.17) is 28.5 Å². The summed E-state index contributed by atoms with van der Waals surface area (Å²) < 4.78 is 0. The maximum atomic E-state index is 12.5. The van der Waals surface area contributed by atoms with Gasteiger partial charge < -0.3 is 32.5 Å². The molecule has 1 aliphatic rings. The summed E-state index contributed by atoms with van der Waals surface area (Å²) in [6.07, 6.45) is 2.44. The van der Waals surface area contributed by atoms with Gasteiger partial charge in [-0.05, 0) is 36.7 Å². The molecule has 1 aromatic heterocycles. The number of nitrogen functional groups attached to an aromatic ring is 2. The first-order valence-electron chi connectivity index (χ1n) is 12.0. The smallest absolute Gasteiger partial charge is 0.407 e. The van der Waals surface area contributed by atoms with Crippen molar-refractivity contribution in [1.82, 2.24) is 25.5 Å². The number of aromatic nitrogens is 2. The second-order valence-corrected chi connectivity index (χ2v) is 9.25. The number of hydrogen-bond donors (Lipinski definition) is 7. The van der Waals surface area contributed by atoms with E-state index in [0.717, 1.165) is 12.8 Å². The standard InChI is InChI=1S/C21H27ClN8O3.C3H7NO/c22-15-17(24)28-16(23)14(27-15)18(31)29-19(25)26-12-21(7-6-13-4-2-1-3-5-13)8-10-30(11-9-21)20(32)33;1-2-3(4)5/h1-5H,6-12H2,(H,32,33)(H4,23,24,28)(H3,25,26,29,31);2H2,1H3,(H2,4,5). The zero-order chi connectivity index (χ0) is 28.3. The number of rotatable bonds is 7. The van der Waals surface area contributed by atoms with Crippen LogP contribution in [0.3, 0.4) is 0 Å². The largest absolute Gasteiger partial charge is 0.465 e. The molecule has 1 aliphatic heterocycles. The zero-order valence-corrected chi connectivity index (χ0v) is 21.9. The van der Waals surface area contributed by atoms with Crippen molar-refractivity contribution < 1.29 is 19.5 Å². The summed E-state index contributed by atoms with van der Waals surface area (Å²) >= 11 is 5.82. The maximum Gasteiger partial charge on any atom is 0.407 e. The molecule has 14 heteroatoms. The number of nitrogens with two attached hydrogens (primary N) is 3. The lowest BCUT2D eigenvalue weighted by atomic mass is 9.74. The Bertz CT molecular complexity index is 1140. The van der Waals surface area contributed by atoms with Crippen LogP contribution >= 0.6 is 11.6 Å². The lowest BCUT2D eigenvalue weighted by Gasteiger charge is -2.41. The molecule has 38 heavy (non-hydrogen) atoms. The van der Waals surface area contributed by atoms with Gasteiger partial charge in [0.15, 0.2) is 28.4 Å². The van der Waals surface area contributed by atoms with Gasteiger partial charge in [0.25, 0.3) is 5.91 Å². The number of guanidine groups is 1. The molecule has 1 saturated heterocycles. The first-order chi connectivity index (χ1) is 18.0. The molecule has 13 nitrogen and oxygen atoms in total. The van der Waals surface area contributed by atoms with E-state index in [9.17, 15) is 19.5 Å². The molecule has 0 bridgehead atoms. The normalized spacial score (nSPS) is 14.0. The minimum Gasteiger partial charge on any atom is -0.465 e. The molecule has 3 amide bonds. The van der Waals surface area contributed by atoms with E-state index in [-0.39, 0.29) is 39.8 Å². The van der Waals surface area contributed by atoms with Crippen LogP contribution in [-0.2, 0) is 11.2 Å². The summed E-state index contributed by atoms with van der Waals surface area (Å²) in [6.45, 7) is 2.96. The monoisotopic (exact) mass is 547 g/mol. The molecule has 2 heterocycles. The van der Waals surface area contributed by atoms with Gasteiger partial charge in [0.2, 0.25) is 5.91 Å². The lowest BCUT2D eigenvalue weighted by molar-refractivity contribution is -0.117. The predicted octanol–water partition coefficient (Wildman–Crippen LogP) is 1.82. The minimum atomic E-state index is -0.930. The third kappa shape index (κ3) is 9.07. The molecule has 206 valence electrons. The fourth-order valence-corrected chi connectivity index (χ4v) is 3.97. The molecule has 0 unspecified atom stereocenters. The van der Waals surface area contributed by atoms with Gasteiger partial charge in [-0.15, -0.1) is 0 Å². The van der Waals surface area contributed by atoms with Crippen LogP contribution in [0.25, 0.3) is 0 Å². The van der Waals surface area contributed by atoms with Gasteiger partial charge in [0.1, 0.15) is 0 Å². The molecular weight excluding hydrogens is 514 g/mol. The van der Waals surface area contributed by atoms with Gasteiger partial charge >= 0.3 is 6.09 Å². The molecule has 1 aromatic carbocycles. The third-order valence-electron chi connectivity index (χ3n) is 6.23. The van der Waals surface area contributed by atoms with Crippen LogP contribution in [0.5, 0.6) is 0 Å². The van der Waals surface area contributed by atoms with Crippen LogP contribution in [-0.4, -0.2) is 63.5 Å². The van der Waals surface area contributed by atoms with Crippen molar-refractivity contribution >= 4 is 47.1 Å². The van der Waals surface area contributed by atoms with Crippen LogP contribution in [0.1, 0.15) is 48.7 Å². The van der Waals surface area contributed by atoms with Crippen molar-refractivity contribution in [1.29, 1.82) is 5.41 Å². The van der Waals surface area contributed by atoms with Gasteiger partial charge in [-0.3, -0.25) is 20.3 Å². The molecule has 0 aliphatic carbocycles. The Morgan fingerprint density at radius 3 is 2.29 bits per heavy atom. The van der Waals surface area contributed by atoms with Crippen molar-refractivity contribution in [3.8, 4) is 0 Å². The molecule has 1 fully saturated rings. The fourth-order valence-electron chi connectivity index (χ4n) is 3.84. The molecule has 0 spiro atoms. The number of amides is 3. The summed E-state index contributed by atoms with van der Waals surface area (Å²) in [6, 6.07) is 10.0. The Labute approximate surface area is 225 Å². The summed E-state index contributed by atoms with van der Waals surface area (Å²) in [5.41, 5.74) is 16.6. The second kappa shape index (κ2) is 14.0. The number of nitrogens with zero attached hydrogens (tertiary/aromatic N) is 3. The van der Waals surface area contributed by atoms with Crippen molar-refractivity contribution in [2.45, 2.75) is 39.0 Å². The van der Waals surface area contributed by atoms with E-state index in [1.807, 2.05) is 18.2 Å². The van der Waals surface area contributed by atoms with Crippen LogP contribution < -0.4 is 27.8 Å². The highest BCUT2D eigenvalue weighted by Gasteiger charge is 2.36. The molecule has 0 saturated carbocycles. The van der Waals surface area contributed by atoms with E-state index >= 15 is 0 Å². The van der Waals surface area contributed by atoms with Gasteiger partial charge in [0.05, 0.1) is 0 Å². The summed E-state index contributed by atoms with van der Waals surface area (Å²) in [5, 5.41) is 22.6. The van der Waals surface area contributed by atoms with Crippen molar-refractivity contribution in [3.05, 3.63) is 46.7 Å². The Hall–Kier alpha value is -4.13. The number of hydrogen-bond acceptors (Lipinski definition) is 8. The summed E-state index contributed by atoms with van der Waals surface area (Å²) in [5.74, 6) is -1.49. The molecule has 3 rings (SSSR count). The highest BCUT2D eigenvalue weighted by Crippen LogP contribution is 2.36. The lowest BCUT2D eigenvalue weighted by Crippen LogP contribution is -2.50. The van der Waals surface area contributed by atoms with Crippen molar-refractivity contribution in [3.63, 3.8) is 0 Å². The van der Waals surface area contributed by atoms with Gasteiger partial charge in [-0.1, -0.05) is 48.9 Å². The van der Waals surface area contributed by atoms with Gasteiger partial charge in [-0.25, -0.2) is 14.8 Å². The van der Waals surface area contributed by atoms with Crippen LogP contribution in [0.4, 0.5) is 16.4 Å². The number of carbonyl (C=O) groups is 3. The number of carboxylic acid groups (broad SMARTS) is 1. The first-order valence-corrected chi connectivity index (χ1v) is 12.4. The number of likely N-dealkylation sites (tertiary alicyclic amines) is 1. The van der Waals surface area contributed by atoms with Crippen molar-refractivity contribution in [2.75, 3.05) is 31.1 Å². The maximum absolute atomic E-state index is 12.5. The fraction of sp³-hybridized carbons (Fsp3) is 0.417. The highest BCUT2D eigenvalue weighted by molar-refractivity contribution is 6.31. The number of anilines is 2. The SMILES string of the molecule is CCC(N)=O.N=C(NCC1(CCc2ccccc2)CCN(C(=O)O)CC1)NC(=O)c1nc(Cl)c(N)nc1N. The van der Waals surface area contributed by atoms with Crippen LogP contribution in [0.2, 0.25) is 5.15 Å². The van der Waals surface area contributed by atoms with E-state index < -0.39 is 12.0 Å². The number of nitrogens with one attached hydrogen (secondary N) is 3. The topological polar surface area (TPSA) is 226 Å².